The molecule has 1 unspecified atom stereocenters. The van der Waals surface area contributed by atoms with Gasteiger partial charge >= 0.3 is 0 Å². The van der Waals surface area contributed by atoms with E-state index in [-0.39, 0.29) is 6.04 Å². The van der Waals surface area contributed by atoms with Gasteiger partial charge in [0.1, 0.15) is 5.75 Å². The number of rotatable bonds is 5. The minimum Gasteiger partial charge on any atom is -0.494 e. The van der Waals surface area contributed by atoms with Crippen LogP contribution in [0.15, 0.2) is 42.5 Å². The molecule has 0 amide bonds. The Hall–Kier alpha value is -1.22. The smallest absolute Gasteiger partial charge is 0.119 e. The second kappa shape index (κ2) is 6.98. The lowest BCUT2D eigenvalue weighted by Gasteiger charge is -2.15. The minimum atomic E-state index is -0.150. The van der Waals surface area contributed by atoms with Crippen LogP contribution in [0.4, 0.5) is 0 Å². The normalized spacial score (nSPS) is 12.2. The Kier molecular flexibility index (Phi) is 5.30. The lowest BCUT2D eigenvalue weighted by atomic mass is 9.99. The van der Waals surface area contributed by atoms with Crippen LogP contribution in [0.25, 0.3) is 0 Å². The first-order chi connectivity index (χ1) is 9.61. The summed E-state index contributed by atoms with van der Waals surface area (Å²) in [4.78, 5) is 0. The molecule has 0 bridgehead atoms. The van der Waals surface area contributed by atoms with E-state index >= 15 is 0 Å². The third-order valence-electron chi connectivity index (χ3n) is 3.10. The van der Waals surface area contributed by atoms with Gasteiger partial charge in [-0.3, -0.25) is 0 Å². The highest BCUT2D eigenvalue weighted by Gasteiger charge is 2.12. The van der Waals surface area contributed by atoms with Gasteiger partial charge in [0.15, 0.2) is 0 Å². The van der Waals surface area contributed by atoms with Crippen molar-refractivity contribution in [2.75, 3.05) is 6.61 Å². The van der Waals surface area contributed by atoms with Crippen molar-refractivity contribution in [3.63, 3.8) is 0 Å². The standard InChI is InChI=1S/C16H17Cl2NO/c1-2-20-12-8-6-11(7-9-12)16(19)10-13-14(17)4-3-5-15(13)18/h3-9,16H,2,10,19H2,1H3. The third kappa shape index (κ3) is 3.66. The molecule has 2 rings (SSSR count). The van der Waals surface area contributed by atoms with Crippen molar-refractivity contribution in [2.45, 2.75) is 19.4 Å². The Balaban J connectivity index is 2.13. The van der Waals surface area contributed by atoms with E-state index in [1.165, 1.54) is 0 Å². The first-order valence-corrected chi connectivity index (χ1v) is 7.28. The van der Waals surface area contributed by atoms with Crippen molar-refractivity contribution >= 4 is 23.2 Å². The van der Waals surface area contributed by atoms with E-state index < -0.39 is 0 Å². The highest BCUT2D eigenvalue weighted by atomic mass is 35.5. The summed E-state index contributed by atoms with van der Waals surface area (Å²) < 4.78 is 5.41. The van der Waals surface area contributed by atoms with E-state index in [0.29, 0.717) is 23.1 Å². The number of benzene rings is 2. The maximum atomic E-state index is 6.23. The van der Waals surface area contributed by atoms with Crippen molar-refractivity contribution in [3.05, 3.63) is 63.6 Å². The van der Waals surface area contributed by atoms with E-state index in [9.17, 15) is 0 Å². The fraction of sp³-hybridized carbons (Fsp3) is 0.250. The second-order valence-electron chi connectivity index (χ2n) is 4.51. The molecule has 0 aliphatic carbocycles. The van der Waals surface area contributed by atoms with E-state index in [1.54, 1.807) is 0 Å². The number of nitrogens with two attached hydrogens (primary N) is 1. The van der Waals surface area contributed by atoms with Gasteiger partial charge in [-0.1, -0.05) is 41.4 Å². The quantitative estimate of drug-likeness (QED) is 0.873. The Morgan fingerprint density at radius 3 is 2.20 bits per heavy atom. The SMILES string of the molecule is CCOc1ccc(C(N)Cc2c(Cl)cccc2Cl)cc1. The summed E-state index contributed by atoms with van der Waals surface area (Å²) >= 11 is 12.3. The molecule has 20 heavy (non-hydrogen) atoms. The van der Waals surface area contributed by atoms with Crippen molar-refractivity contribution in [3.8, 4) is 5.75 Å². The molecule has 106 valence electrons. The first-order valence-electron chi connectivity index (χ1n) is 6.53. The molecule has 2 aromatic carbocycles. The van der Waals surface area contributed by atoms with Crippen molar-refractivity contribution in [2.24, 2.45) is 5.73 Å². The van der Waals surface area contributed by atoms with Gasteiger partial charge in [0.05, 0.1) is 6.61 Å². The molecule has 0 saturated carbocycles. The Labute approximate surface area is 129 Å². The van der Waals surface area contributed by atoms with Gasteiger partial charge in [0.2, 0.25) is 0 Å². The minimum absolute atomic E-state index is 0.150. The second-order valence-corrected chi connectivity index (χ2v) is 5.33. The molecular weight excluding hydrogens is 293 g/mol. The van der Waals surface area contributed by atoms with Crippen LogP contribution in [0.2, 0.25) is 10.0 Å². The fourth-order valence-corrected chi connectivity index (χ4v) is 2.59. The van der Waals surface area contributed by atoms with Gasteiger partial charge in [-0.25, -0.2) is 0 Å². The van der Waals surface area contributed by atoms with Crippen LogP contribution in [-0.4, -0.2) is 6.61 Å². The van der Waals surface area contributed by atoms with Crippen molar-refractivity contribution < 1.29 is 4.74 Å². The van der Waals surface area contributed by atoms with Gasteiger partial charge in [0, 0.05) is 16.1 Å². The summed E-state index contributed by atoms with van der Waals surface area (Å²) in [6, 6.07) is 13.1. The highest BCUT2D eigenvalue weighted by Crippen LogP contribution is 2.28. The van der Waals surface area contributed by atoms with Gasteiger partial charge < -0.3 is 10.5 Å². The van der Waals surface area contributed by atoms with Crippen LogP contribution >= 0.6 is 23.2 Å². The summed E-state index contributed by atoms with van der Waals surface area (Å²) in [5.41, 5.74) is 8.15. The molecule has 0 aromatic heterocycles. The lowest BCUT2D eigenvalue weighted by Crippen LogP contribution is -2.13. The van der Waals surface area contributed by atoms with Gasteiger partial charge in [-0.15, -0.1) is 0 Å². The summed E-state index contributed by atoms with van der Waals surface area (Å²) in [5, 5.41) is 1.30. The summed E-state index contributed by atoms with van der Waals surface area (Å²) in [6.07, 6.45) is 0.604. The third-order valence-corrected chi connectivity index (χ3v) is 3.81. The Morgan fingerprint density at radius 2 is 1.65 bits per heavy atom. The number of hydrogen-bond donors (Lipinski definition) is 1. The molecule has 2 aromatic rings. The molecule has 0 spiro atoms. The van der Waals surface area contributed by atoms with Crippen molar-refractivity contribution in [1.29, 1.82) is 0 Å². The maximum Gasteiger partial charge on any atom is 0.119 e. The molecule has 0 aliphatic heterocycles. The number of halogens is 2. The highest BCUT2D eigenvalue weighted by molar-refractivity contribution is 6.36. The zero-order valence-corrected chi connectivity index (χ0v) is 12.8. The summed E-state index contributed by atoms with van der Waals surface area (Å²) in [7, 11) is 0. The topological polar surface area (TPSA) is 35.2 Å². The fourth-order valence-electron chi connectivity index (χ4n) is 2.04. The molecule has 0 saturated heterocycles. The summed E-state index contributed by atoms with van der Waals surface area (Å²) in [5.74, 6) is 0.847. The molecule has 0 aliphatic rings. The lowest BCUT2D eigenvalue weighted by molar-refractivity contribution is 0.340. The van der Waals surface area contributed by atoms with Gasteiger partial charge in [0.25, 0.3) is 0 Å². The molecule has 4 heteroatoms. The summed E-state index contributed by atoms with van der Waals surface area (Å²) in [6.45, 7) is 2.61. The van der Waals surface area contributed by atoms with E-state index in [2.05, 4.69) is 0 Å². The molecule has 0 heterocycles. The van der Waals surface area contributed by atoms with Gasteiger partial charge in [-0.2, -0.15) is 0 Å². The monoisotopic (exact) mass is 309 g/mol. The largest absolute Gasteiger partial charge is 0.494 e. The average molecular weight is 310 g/mol. The molecule has 2 N–H and O–H groups in total. The predicted octanol–water partition coefficient (Wildman–Crippen LogP) is 4.63. The van der Waals surface area contributed by atoms with Crippen LogP contribution in [0.1, 0.15) is 24.1 Å². The predicted molar refractivity (Wildman–Crippen MR) is 84.7 cm³/mol. The van der Waals surface area contributed by atoms with E-state index in [4.69, 9.17) is 33.7 Å². The van der Waals surface area contributed by atoms with Gasteiger partial charge in [-0.05, 0) is 48.7 Å². The number of hydrogen-bond acceptors (Lipinski definition) is 2. The molecule has 0 fully saturated rings. The Bertz CT molecular complexity index is 549. The van der Waals surface area contributed by atoms with E-state index in [0.717, 1.165) is 16.9 Å². The number of ether oxygens (including phenoxy) is 1. The Morgan fingerprint density at radius 1 is 1.05 bits per heavy atom. The molecular formula is C16H17Cl2NO. The molecule has 0 radical (unpaired) electrons. The maximum absolute atomic E-state index is 6.23. The van der Waals surface area contributed by atoms with Crippen LogP contribution in [0.5, 0.6) is 5.75 Å². The first kappa shape index (κ1) is 15.2. The van der Waals surface area contributed by atoms with Crippen LogP contribution in [0.3, 0.4) is 0 Å². The van der Waals surface area contributed by atoms with Crippen LogP contribution in [-0.2, 0) is 6.42 Å². The van der Waals surface area contributed by atoms with E-state index in [1.807, 2.05) is 49.4 Å². The van der Waals surface area contributed by atoms with Crippen molar-refractivity contribution in [1.82, 2.24) is 0 Å². The molecule has 2 nitrogen and oxygen atoms in total. The zero-order valence-electron chi connectivity index (χ0n) is 11.3. The zero-order chi connectivity index (χ0) is 14.5. The molecule has 1 atom stereocenters. The van der Waals surface area contributed by atoms with Crippen LogP contribution < -0.4 is 10.5 Å². The van der Waals surface area contributed by atoms with Crippen LogP contribution in [0, 0.1) is 0 Å². The average Bonchev–Trinajstić information content (AvgIpc) is 2.44.